The molecule has 2 aromatic rings. The Morgan fingerprint density at radius 1 is 1.00 bits per heavy atom. The van der Waals surface area contributed by atoms with Crippen LogP contribution in [0.15, 0.2) is 47.1 Å². The van der Waals surface area contributed by atoms with E-state index < -0.39 is 0 Å². The van der Waals surface area contributed by atoms with E-state index in [1.54, 1.807) is 12.3 Å². The summed E-state index contributed by atoms with van der Waals surface area (Å²) in [4.78, 5) is 16.5. The Hall–Kier alpha value is -1.88. The van der Waals surface area contributed by atoms with Gasteiger partial charge < -0.3 is 10.6 Å². The number of carbonyl (C=O) groups excluding carboxylic acids is 1. The van der Waals surface area contributed by atoms with E-state index in [4.69, 9.17) is 0 Å². The molecule has 1 heterocycles. The number of pyridine rings is 1. The lowest BCUT2D eigenvalue weighted by Gasteiger charge is -2.22. The van der Waals surface area contributed by atoms with Crippen molar-refractivity contribution in [2.24, 2.45) is 0 Å². The van der Waals surface area contributed by atoms with E-state index in [-0.39, 0.29) is 5.91 Å². The van der Waals surface area contributed by atoms with Gasteiger partial charge in [-0.1, -0.05) is 35.2 Å². The van der Waals surface area contributed by atoms with Crippen LogP contribution < -0.4 is 10.6 Å². The molecule has 23 heavy (non-hydrogen) atoms. The number of aromatic nitrogens is 1. The Morgan fingerprint density at radius 2 is 1.70 bits per heavy atom. The highest BCUT2D eigenvalue weighted by Crippen LogP contribution is 2.20. The van der Waals surface area contributed by atoms with E-state index in [0.717, 1.165) is 28.7 Å². The van der Waals surface area contributed by atoms with Crippen LogP contribution in [0.3, 0.4) is 0 Å². The minimum atomic E-state index is -0.0768. The maximum atomic E-state index is 12.2. The van der Waals surface area contributed by atoms with E-state index >= 15 is 0 Å². The molecule has 1 fully saturated rings. The number of anilines is 2. The van der Waals surface area contributed by atoms with Crippen LogP contribution in [0, 0.1) is 0 Å². The lowest BCUT2D eigenvalue weighted by Crippen LogP contribution is -2.36. The predicted octanol–water partition coefficient (Wildman–Crippen LogP) is 4.65. The van der Waals surface area contributed by atoms with Crippen LogP contribution in [-0.4, -0.2) is 16.9 Å². The predicted molar refractivity (Wildman–Crippen MR) is 96.0 cm³/mol. The van der Waals surface area contributed by atoms with E-state index in [9.17, 15) is 4.79 Å². The fourth-order valence-corrected chi connectivity index (χ4v) is 3.07. The lowest BCUT2D eigenvalue weighted by atomic mass is 9.95. The number of nitrogens with zero attached hydrogens (tertiary/aromatic N) is 1. The number of carbonyl (C=O) groups is 1. The van der Waals surface area contributed by atoms with Gasteiger partial charge in [-0.3, -0.25) is 4.79 Å². The molecule has 1 aromatic heterocycles. The van der Waals surface area contributed by atoms with Gasteiger partial charge in [0, 0.05) is 16.2 Å². The van der Waals surface area contributed by atoms with Crippen LogP contribution in [-0.2, 0) is 0 Å². The molecule has 5 heteroatoms. The normalized spacial score (nSPS) is 15.2. The molecule has 1 aliphatic rings. The first-order valence-electron chi connectivity index (χ1n) is 8.00. The van der Waals surface area contributed by atoms with Crippen molar-refractivity contribution in [2.45, 2.75) is 38.1 Å². The number of nitrogens with one attached hydrogen (secondary N) is 2. The zero-order valence-corrected chi connectivity index (χ0v) is 14.5. The molecule has 1 saturated carbocycles. The van der Waals surface area contributed by atoms with Crippen molar-refractivity contribution >= 4 is 33.2 Å². The molecule has 3 rings (SSSR count). The third kappa shape index (κ3) is 4.55. The van der Waals surface area contributed by atoms with Gasteiger partial charge in [0.25, 0.3) is 5.91 Å². The van der Waals surface area contributed by atoms with Crippen LogP contribution in [0.4, 0.5) is 11.4 Å². The largest absolute Gasteiger partial charge is 0.354 e. The van der Waals surface area contributed by atoms with E-state index in [1.807, 2.05) is 30.3 Å². The van der Waals surface area contributed by atoms with Crippen molar-refractivity contribution in [2.75, 3.05) is 5.32 Å². The molecule has 0 bridgehead atoms. The quantitative estimate of drug-likeness (QED) is 0.819. The summed E-state index contributed by atoms with van der Waals surface area (Å²) in [7, 11) is 0. The number of hydrogen-bond donors (Lipinski definition) is 2. The van der Waals surface area contributed by atoms with Gasteiger partial charge in [-0.25, -0.2) is 4.98 Å². The van der Waals surface area contributed by atoms with Crippen molar-refractivity contribution in [3.63, 3.8) is 0 Å². The van der Waals surface area contributed by atoms with Crippen molar-refractivity contribution in [1.82, 2.24) is 10.3 Å². The second kappa shape index (κ2) is 7.59. The fourth-order valence-electron chi connectivity index (χ4n) is 2.81. The van der Waals surface area contributed by atoms with Gasteiger partial charge in [0.1, 0.15) is 5.69 Å². The van der Waals surface area contributed by atoms with Crippen molar-refractivity contribution < 1.29 is 4.79 Å². The second-order valence-electron chi connectivity index (χ2n) is 5.87. The van der Waals surface area contributed by atoms with Crippen LogP contribution >= 0.6 is 15.9 Å². The highest BCUT2D eigenvalue weighted by Gasteiger charge is 2.17. The molecule has 0 radical (unpaired) electrons. The van der Waals surface area contributed by atoms with Gasteiger partial charge in [0.2, 0.25) is 0 Å². The zero-order chi connectivity index (χ0) is 16.1. The molecule has 120 valence electrons. The Labute approximate surface area is 144 Å². The first-order chi connectivity index (χ1) is 11.2. The number of amides is 1. The topological polar surface area (TPSA) is 54.0 Å². The Kier molecular flexibility index (Phi) is 5.28. The summed E-state index contributed by atoms with van der Waals surface area (Å²) in [6.07, 6.45) is 7.53. The highest BCUT2D eigenvalue weighted by molar-refractivity contribution is 9.10. The summed E-state index contributed by atoms with van der Waals surface area (Å²) >= 11 is 3.41. The number of hydrogen-bond acceptors (Lipinski definition) is 3. The average Bonchev–Trinajstić information content (AvgIpc) is 2.58. The summed E-state index contributed by atoms with van der Waals surface area (Å²) in [5, 5.41) is 6.35. The average molecular weight is 374 g/mol. The molecule has 0 saturated heterocycles. The minimum Gasteiger partial charge on any atom is -0.354 e. The van der Waals surface area contributed by atoms with Gasteiger partial charge in [-0.05, 0) is 49.2 Å². The van der Waals surface area contributed by atoms with Crippen molar-refractivity contribution in [1.29, 1.82) is 0 Å². The maximum absolute atomic E-state index is 12.2. The number of rotatable bonds is 4. The van der Waals surface area contributed by atoms with Crippen LogP contribution in [0.25, 0.3) is 0 Å². The van der Waals surface area contributed by atoms with Gasteiger partial charge >= 0.3 is 0 Å². The van der Waals surface area contributed by atoms with E-state index in [2.05, 4.69) is 31.5 Å². The lowest BCUT2D eigenvalue weighted by molar-refractivity contribution is 0.0922. The first kappa shape index (κ1) is 16.0. The number of benzene rings is 1. The third-order valence-electron chi connectivity index (χ3n) is 4.07. The molecule has 0 atom stereocenters. The molecule has 0 unspecified atom stereocenters. The monoisotopic (exact) mass is 373 g/mol. The molecular weight excluding hydrogens is 354 g/mol. The maximum Gasteiger partial charge on any atom is 0.270 e. The molecule has 0 aliphatic heterocycles. The Bertz CT molecular complexity index is 649. The minimum absolute atomic E-state index is 0.0768. The summed E-state index contributed by atoms with van der Waals surface area (Å²) in [5.41, 5.74) is 2.31. The van der Waals surface area contributed by atoms with Gasteiger partial charge in [0.15, 0.2) is 0 Å². The SMILES string of the molecule is O=C(NC1CCCCC1)c1ccc(Nc2ccc(Br)cc2)cn1. The van der Waals surface area contributed by atoms with Crippen LogP contribution in [0.5, 0.6) is 0 Å². The highest BCUT2D eigenvalue weighted by atomic mass is 79.9. The third-order valence-corrected chi connectivity index (χ3v) is 4.60. The standard InChI is InChI=1S/C18H20BrN3O/c19-13-6-8-15(9-7-13)21-16-10-11-17(20-12-16)18(23)22-14-4-2-1-3-5-14/h6-12,14,21H,1-5H2,(H,22,23). The van der Waals surface area contributed by atoms with Gasteiger partial charge in [-0.15, -0.1) is 0 Å². The summed E-state index contributed by atoms with van der Waals surface area (Å²) < 4.78 is 1.04. The zero-order valence-electron chi connectivity index (χ0n) is 12.9. The van der Waals surface area contributed by atoms with Gasteiger partial charge in [-0.2, -0.15) is 0 Å². The van der Waals surface area contributed by atoms with E-state index in [0.29, 0.717) is 11.7 Å². The van der Waals surface area contributed by atoms with Crippen LogP contribution in [0.2, 0.25) is 0 Å². The van der Waals surface area contributed by atoms with Gasteiger partial charge in [0.05, 0.1) is 11.9 Å². The fraction of sp³-hybridized carbons (Fsp3) is 0.333. The second-order valence-corrected chi connectivity index (χ2v) is 6.79. The molecule has 1 amide bonds. The van der Waals surface area contributed by atoms with Crippen molar-refractivity contribution in [3.05, 3.63) is 52.8 Å². The molecule has 0 spiro atoms. The number of halogens is 1. The Balaban J connectivity index is 1.59. The molecule has 2 N–H and O–H groups in total. The van der Waals surface area contributed by atoms with E-state index in [1.165, 1.54) is 19.3 Å². The van der Waals surface area contributed by atoms with Crippen LogP contribution in [0.1, 0.15) is 42.6 Å². The molecule has 1 aliphatic carbocycles. The summed E-state index contributed by atoms with van der Waals surface area (Å²) in [5.74, 6) is -0.0768. The molecule has 4 nitrogen and oxygen atoms in total. The molecular formula is C18H20BrN3O. The smallest absolute Gasteiger partial charge is 0.270 e. The van der Waals surface area contributed by atoms with Crippen molar-refractivity contribution in [3.8, 4) is 0 Å². The first-order valence-corrected chi connectivity index (χ1v) is 8.79. The summed E-state index contributed by atoms with van der Waals surface area (Å²) in [6.45, 7) is 0. The summed E-state index contributed by atoms with van der Waals surface area (Å²) in [6, 6.07) is 11.9. The Morgan fingerprint density at radius 3 is 2.35 bits per heavy atom. The molecule has 1 aromatic carbocycles.